The quantitative estimate of drug-likeness (QED) is 0.588. The maximum absolute atomic E-state index is 10.6. The lowest BCUT2D eigenvalue weighted by atomic mass is 10.1. The third-order valence-corrected chi connectivity index (χ3v) is 3.75. The van der Waals surface area contributed by atoms with Crippen LogP contribution in [-0.4, -0.2) is 27.3 Å². The number of aliphatic carboxylic acids is 1. The second kappa shape index (κ2) is 8.59. The number of halogens is 4. The highest BCUT2D eigenvalue weighted by molar-refractivity contribution is 6.33. The van der Waals surface area contributed by atoms with Crippen molar-refractivity contribution < 1.29 is 28.2 Å². The zero-order chi connectivity index (χ0) is 20.0. The number of benzene rings is 2. The Kier molecular flexibility index (Phi) is 6.46. The van der Waals surface area contributed by atoms with Crippen LogP contribution in [0.25, 0.3) is 10.9 Å². The number of hydrogen-bond acceptors (Lipinski definition) is 4. The second-order valence-electron chi connectivity index (χ2n) is 5.28. The Balaban J connectivity index is 0.000000321. The van der Waals surface area contributed by atoms with Gasteiger partial charge in [-0.1, -0.05) is 35.9 Å². The average molecular weight is 399 g/mol. The molecule has 5 nitrogen and oxygen atoms in total. The highest BCUT2D eigenvalue weighted by atomic mass is 35.5. The maximum atomic E-state index is 10.6. The third kappa shape index (κ3) is 5.49. The lowest BCUT2D eigenvalue weighted by Gasteiger charge is -2.11. The Hall–Kier alpha value is -3.00. The van der Waals surface area contributed by atoms with Gasteiger partial charge in [0.1, 0.15) is 11.3 Å². The van der Waals surface area contributed by atoms with Gasteiger partial charge in [-0.05, 0) is 29.8 Å². The predicted molar refractivity (Wildman–Crippen MR) is 95.9 cm³/mol. The molecule has 0 aliphatic carbocycles. The highest BCUT2D eigenvalue weighted by Gasteiger charge is 2.38. The summed E-state index contributed by atoms with van der Waals surface area (Å²) >= 11 is 6.12. The Labute approximate surface area is 157 Å². The minimum atomic E-state index is -5.08. The number of carboxylic acid groups (broad SMARTS) is 1. The van der Waals surface area contributed by atoms with Crippen molar-refractivity contribution in [3.8, 4) is 5.75 Å². The lowest BCUT2D eigenvalue weighted by molar-refractivity contribution is -0.192. The largest absolute Gasteiger partial charge is 0.506 e. The van der Waals surface area contributed by atoms with Crippen LogP contribution in [0, 0.1) is 0 Å². The molecule has 0 saturated carbocycles. The van der Waals surface area contributed by atoms with Gasteiger partial charge < -0.3 is 15.5 Å². The molecular weight excluding hydrogens is 385 g/mol. The van der Waals surface area contributed by atoms with Crippen LogP contribution < -0.4 is 5.32 Å². The van der Waals surface area contributed by atoms with E-state index in [1.807, 2.05) is 42.5 Å². The Morgan fingerprint density at radius 1 is 1.11 bits per heavy atom. The summed E-state index contributed by atoms with van der Waals surface area (Å²) in [7, 11) is 0. The van der Waals surface area contributed by atoms with Crippen LogP contribution in [0.15, 0.2) is 54.7 Å². The number of fused-ring (bicyclic) bond motifs is 1. The molecule has 27 heavy (non-hydrogen) atoms. The van der Waals surface area contributed by atoms with Gasteiger partial charge in [-0.25, -0.2) is 4.79 Å². The number of hydrogen-bond donors (Lipinski definition) is 3. The molecule has 3 rings (SSSR count). The number of aromatic hydroxyl groups is 1. The zero-order valence-electron chi connectivity index (χ0n) is 13.7. The van der Waals surface area contributed by atoms with E-state index in [1.54, 1.807) is 12.3 Å². The molecule has 1 heterocycles. The number of phenols is 1. The number of nitrogens with one attached hydrogen (secondary N) is 1. The lowest BCUT2D eigenvalue weighted by Crippen LogP contribution is -2.21. The molecule has 0 aliphatic heterocycles. The number of rotatable bonds is 3. The number of aromatic nitrogens is 1. The van der Waals surface area contributed by atoms with Gasteiger partial charge in [-0.2, -0.15) is 13.2 Å². The first kappa shape index (κ1) is 20.3. The van der Waals surface area contributed by atoms with Crippen LogP contribution in [0.3, 0.4) is 0 Å². The van der Waals surface area contributed by atoms with Crippen molar-refractivity contribution in [1.82, 2.24) is 4.98 Å². The van der Waals surface area contributed by atoms with Gasteiger partial charge in [-0.3, -0.25) is 4.98 Å². The summed E-state index contributed by atoms with van der Waals surface area (Å²) in [5, 5.41) is 21.9. The van der Waals surface area contributed by atoms with E-state index in [0.717, 1.165) is 16.6 Å². The van der Waals surface area contributed by atoms with Crippen molar-refractivity contribution in [1.29, 1.82) is 0 Å². The van der Waals surface area contributed by atoms with Gasteiger partial charge >= 0.3 is 12.1 Å². The van der Waals surface area contributed by atoms with E-state index in [-0.39, 0.29) is 5.75 Å². The summed E-state index contributed by atoms with van der Waals surface area (Å²) in [6, 6.07) is 15.0. The number of carbonyl (C=O) groups is 1. The number of anilines is 1. The van der Waals surface area contributed by atoms with E-state index < -0.39 is 12.1 Å². The fourth-order valence-electron chi connectivity index (χ4n) is 2.17. The van der Waals surface area contributed by atoms with Gasteiger partial charge in [-0.15, -0.1) is 0 Å². The summed E-state index contributed by atoms with van der Waals surface area (Å²) in [6.45, 7) is 0.617. The molecule has 0 bridgehead atoms. The average Bonchev–Trinajstić information content (AvgIpc) is 2.62. The van der Waals surface area contributed by atoms with E-state index in [9.17, 15) is 18.3 Å². The molecule has 0 spiro atoms. The minimum absolute atomic E-state index is 0.196. The molecule has 0 fully saturated rings. The SMILES string of the molecule is O=C(O)C(F)(F)F.Oc1ccc(CNc2ccccc2Cl)c2cccnc12. The number of alkyl halides is 3. The van der Waals surface area contributed by atoms with Gasteiger partial charge in [0.15, 0.2) is 0 Å². The molecular formula is C18H14ClF3N2O3. The molecule has 0 amide bonds. The number of phenolic OH excluding ortho intramolecular Hbond substituents is 1. The summed E-state index contributed by atoms with van der Waals surface area (Å²) in [5.41, 5.74) is 2.57. The first-order valence-corrected chi connectivity index (χ1v) is 7.92. The maximum Gasteiger partial charge on any atom is 0.490 e. The van der Waals surface area contributed by atoms with E-state index in [4.69, 9.17) is 21.5 Å². The van der Waals surface area contributed by atoms with Crippen LogP contribution >= 0.6 is 11.6 Å². The third-order valence-electron chi connectivity index (χ3n) is 3.42. The summed E-state index contributed by atoms with van der Waals surface area (Å²) < 4.78 is 31.7. The van der Waals surface area contributed by atoms with Crippen LogP contribution in [0.1, 0.15) is 5.56 Å². The van der Waals surface area contributed by atoms with Crippen LogP contribution in [0.5, 0.6) is 5.75 Å². The minimum Gasteiger partial charge on any atom is -0.506 e. The predicted octanol–water partition coefficient (Wildman–Crippen LogP) is 4.84. The van der Waals surface area contributed by atoms with E-state index in [2.05, 4.69) is 10.3 Å². The molecule has 0 atom stereocenters. The molecule has 0 saturated heterocycles. The van der Waals surface area contributed by atoms with Crippen molar-refractivity contribution in [3.63, 3.8) is 0 Å². The monoisotopic (exact) mass is 398 g/mol. The number of pyridine rings is 1. The molecule has 2 aromatic carbocycles. The Bertz CT molecular complexity index is 949. The zero-order valence-corrected chi connectivity index (χ0v) is 14.4. The summed E-state index contributed by atoms with van der Waals surface area (Å²) in [6.07, 6.45) is -3.41. The van der Waals surface area contributed by atoms with E-state index >= 15 is 0 Å². The Morgan fingerprint density at radius 3 is 2.41 bits per heavy atom. The van der Waals surface area contributed by atoms with Crippen molar-refractivity contribution >= 4 is 34.2 Å². The summed E-state index contributed by atoms with van der Waals surface area (Å²) in [5.74, 6) is -2.56. The summed E-state index contributed by atoms with van der Waals surface area (Å²) in [4.78, 5) is 13.1. The van der Waals surface area contributed by atoms with Crippen LogP contribution in [-0.2, 0) is 11.3 Å². The number of para-hydroxylation sites is 1. The van der Waals surface area contributed by atoms with E-state index in [1.165, 1.54) is 0 Å². The van der Waals surface area contributed by atoms with Gasteiger partial charge in [0.2, 0.25) is 0 Å². The van der Waals surface area contributed by atoms with Gasteiger partial charge in [0.25, 0.3) is 0 Å². The van der Waals surface area contributed by atoms with Crippen molar-refractivity contribution in [2.45, 2.75) is 12.7 Å². The second-order valence-corrected chi connectivity index (χ2v) is 5.69. The molecule has 142 valence electrons. The van der Waals surface area contributed by atoms with Crippen LogP contribution in [0.2, 0.25) is 5.02 Å². The molecule has 3 aromatic rings. The molecule has 0 aliphatic rings. The first-order chi connectivity index (χ1) is 12.7. The normalized spacial score (nSPS) is 10.8. The van der Waals surface area contributed by atoms with Crippen molar-refractivity contribution in [2.24, 2.45) is 0 Å². The number of nitrogens with zero attached hydrogens (tertiary/aromatic N) is 1. The fraction of sp³-hybridized carbons (Fsp3) is 0.111. The topological polar surface area (TPSA) is 82.5 Å². The van der Waals surface area contributed by atoms with Crippen LogP contribution in [0.4, 0.5) is 18.9 Å². The molecule has 0 unspecified atom stereocenters. The molecule has 3 N–H and O–H groups in total. The molecule has 9 heteroatoms. The first-order valence-electron chi connectivity index (χ1n) is 7.54. The Morgan fingerprint density at radius 2 is 1.78 bits per heavy atom. The van der Waals surface area contributed by atoms with Gasteiger partial charge in [0, 0.05) is 18.1 Å². The fourth-order valence-corrected chi connectivity index (χ4v) is 2.37. The molecule has 0 radical (unpaired) electrons. The molecule has 1 aromatic heterocycles. The van der Waals surface area contributed by atoms with E-state index in [0.29, 0.717) is 17.1 Å². The highest BCUT2D eigenvalue weighted by Crippen LogP contribution is 2.27. The standard InChI is InChI=1S/C16H13ClN2O.C2HF3O2/c17-13-5-1-2-6-14(13)19-10-11-7-8-15(20)16-12(11)4-3-9-18-16;3-2(4,5)1(6)7/h1-9,19-20H,10H2;(H,6,7). The van der Waals surface area contributed by atoms with Crippen molar-refractivity contribution in [2.75, 3.05) is 5.32 Å². The van der Waals surface area contributed by atoms with Crippen molar-refractivity contribution in [3.05, 3.63) is 65.3 Å². The smallest absolute Gasteiger partial charge is 0.490 e. The van der Waals surface area contributed by atoms with Gasteiger partial charge in [0.05, 0.1) is 10.7 Å². The number of carboxylic acids is 1.